The summed E-state index contributed by atoms with van der Waals surface area (Å²) in [5, 5.41) is 6.91. The van der Waals surface area contributed by atoms with Crippen LogP contribution in [0.25, 0.3) is 11.5 Å². The summed E-state index contributed by atoms with van der Waals surface area (Å²) in [6.07, 6.45) is 2.49. The van der Waals surface area contributed by atoms with Gasteiger partial charge in [0.15, 0.2) is 0 Å². The fourth-order valence-electron chi connectivity index (χ4n) is 0.851. The molecule has 4 nitrogen and oxygen atoms in total. The van der Waals surface area contributed by atoms with Crippen LogP contribution in [0.3, 0.4) is 0 Å². The Balaban J connectivity index is 2.46. The molecular weight excluding hydrogens is 197 g/mol. The first-order chi connectivity index (χ1) is 6.25. The highest BCUT2D eigenvalue weighted by atomic mass is 35.5. The topological polar surface area (TPSA) is 51.8 Å². The van der Waals surface area contributed by atoms with Gasteiger partial charge in [0.2, 0.25) is 0 Å². The molecule has 0 radical (unpaired) electrons. The van der Waals surface area contributed by atoms with Crippen LogP contribution in [0.1, 0.15) is 0 Å². The van der Waals surface area contributed by atoms with Gasteiger partial charge in [-0.05, 0) is 17.7 Å². The molecule has 0 unspecified atom stereocenters. The lowest BCUT2D eigenvalue weighted by Gasteiger charge is -1.91. The van der Waals surface area contributed by atoms with E-state index >= 15 is 0 Å². The largest absolute Gasteiger partial charge is 0.407 e. The summed E-state index contributed by atoms with van der Waals surface area (Å²) in [5.74, 6) is -0.316. The van der Waals surface area contributed by atoms with Crippen LogP contribution in [0.2, 0.25) is 5.35 Å². The summed E-state index contributed by atoms with van der Waals surface area (Å²) >= 11 is 5.40. The van der Waals surface area contributed by atoms with Gasteiger partial charge in [0.1, 0.15) is 5.82 Å². The Morgan fingerprint density at radius 3 is 2.77 bits per heavy atom. The molecule has 0 amide bonds. The van der Waals surface area contributed by atoms with E-state index in [0.717, 1.165) is 6.20 Å². The van der Waals surface area contributed by atoms with Gasteiger partial charge in [0, 0.05) is 6.20 Å². The summed E-state index contributed by atoms with van der Waals surface area (Å²) < 4.78 is 17.5. The van der Waals surface area contributed by atoms with Gasteiger partial charge in [-0.25, -0.2) is 4.39 Å². The molecule has 0 aromatic carbocycles. The fourth-order valence-corrected chi connectivity index (χ4v) is 0.962. The predicted molar refractivity (Wildman–Crippen MR) is 42.5 cm³/mol. The second kappa shape index (κ2) is 3.10. The lowest BCUT2D eigenvalue weighted by atomic mass is 10.3. The lowest BCUT2D eigenvalue weighted by Crippen LogP contribution is -1.82. The summed E-state index contributed by atoms with van der Waals surface area (Å²) in [6.45, 7) is 0. The minimum Gasteiger partial charge on any atom is -0.407 e. The minimum atomic E-state index is -0.466. The number of hydrogen-bond donors (Lipinski definition) is 0. The smallest absolute Gasteiger partial charge is 0.313 e. The number of hydrogen-bond acceptors (Lipinski definition) is 4. The number of pyridine rings is 1. The van der Waals surface area contributed by atoms with E-state index in [4.69, 9.17) is 16.0 Å². The van der Waals surface area contributed by atoms with E-state index in [1.165, 1.54) is 12.3 Å². The van der Waals surface area contributed by atoms with Crippen LogP contribution >= 0.6 is 11.6 Å². The molecule has 0 saturated carbocycles. The monoisotopic (exact) mass is 199 g/mol. The van der Waals surface area contributed by atoms with E-state index in [0.29, 0.717) is 5.56 Å². The van der Waals surface area contributed by atoms with Crippen LogP contribution in [-0.2, 0) is 0 Å². The summed E-state index contributed by atoms with van der Waals surface area (Å²) in [4.78, 5) is 3.62. The highest BCUT2D eigenvalue weighted by Crippen LogP contribution is 2.18. The Bertz CT molecular complexity index is 431. The highest BCUT2D eigenvalue weighted by Gasteiger charge is 2.07. The SMILES string of the molecule is Fc1cncc(-c2nnc(Cl)o2)c1. The van der Waals surface area contributed by atoms with Gasteiger partial charge in [0.05, 0.1) is 11.8 Å². The molecule has 2 aromatic rings. The molecule has 0 N–H and O–H groups in total. The molecular formula is C7H3ClFN3O. The van der Waals surface area contributed by atoms with Crippen molar-refractivity contribution in [1.29, 1.82) is 0 Å². The van der Waals surface area contributed by atoms with Crippen molar-refractivity contribution in [1.82, 2.24) is 15.2 Å². The van der Waals surface area contributed by atoms with E-state index < -0.39 is 5.82 Å². The molecule has 2 heterocycles. The van der Waals surface area contributed by atoms with E-state index in [-0.39, 0.29) is 11.2 Å². The number of nitrogens with zero attached hydrogens (tertiary/aromatic N) is 3. The van der Waals surface area contributed by atoms with Crippen molar-refractivity contribution < 1.29 is 8.81 Å². The van der Waals surface area contributed by atoms with Gasteiger partial charge in [0.25, 0.3) is 5.89 Å². The summed E-state index contributed by atoms with van der Waals surface area (Å²) in [6, 6.07) is 1.23. The molecule has 13 heavy (non-hydrogen) atoms. The normalized spacial score (nSPS) is 10.3. The third-order valence-corrected chi connectivity index (χ3v) is 1.50. The summed E-state index contributed by atoms with van der Waals surface area (Å²) in [7, 11) is 0. The second-order valence-electron chi connectivity index (χ2n) is 2.25. The zero-order valence-electron chi connectivity index (χ0n) is 6.24. The molecule has 2 rings (SSSR count). The van der Waals surface area contributed by atoms with E-state index in [2.05, 4.69) is 15.2 Å². The van der Waals surface area contributed by atoms with Gasteiger partial charge in [-0.1, -0.05) is 5.10 Å². The first kappa shape index (κ1) is 8.12. The van der Waals surface area contributed by atoms with Crippen LogP contribution in [0, 0.1) is 5.82 Å². The van der Waals surface area contributed by atoms with Gasteiger partial charge < -0.3 is 4.42 Å². The Hall–Kier alpha value is -1.49. The van der Waals surface area contributed by atoms with Crippen molar-refractivity contribution >= 4 is 11.6 Å². The summed E-state index contributed by atoms with van der Waals surface area (Å²) in [5.41, 5.74) is 0.402. The Morgan fingerprint density at radius 1 is 1.31 bits per heavy atom. The zero-order valence-corrected chi connectivity index (χ0v) is 6.99. The van der Waals surface area contributed by atoms with Crippen LogP contribution in [0.4, 0.5) is 4.39 Å². The first-order valence-electron chi connectivity index (χ1n) is 3.35. The van der Waals surface area contributed by atoms with Gasteiger partial charge >= 0.3 is 5.35 Å². The van der Waals surface area contributed by atoms with Crippen molar-refractivity contribution in [3.05, 3.63) is 29.6 Å². The molecule has 66 valence electrons. The van der Waals surface area contributed by atoms with Crippen LogP contribution in [-0.4, -0.2) is 15.2 Å². The molecule has 0 aliphatic carbocycles. The van der Waals surface area contributed by atoms with Gasteiger partial charge in [-0.15, -0.1) is 5.10 Å². The van der Waals surface area contributed by atoms with Crippen molar-refractivity contribution in [2.45, 2.75) is 0 Å². The molecule has 0 saturated heterocycles. The third-order valence-electron chi connectivity index (χ3n) is 1.35. The maximum absolute atomic E-state index is 12.7. The molecule has 0 aliphatic rings. The molecule has 0 atom stereocenters. The average molecular weight is 200 g/mol. The molecule has 0 spiro atoms. The van der Waals surface area contributed by atoms with Crippen molar-refractivity contribution in [2.24, 2.45) is 0 Å². The maximum atomic E-state index is 12.7. The van der Waals surface area contributed by atoms with Gasteiger partial charge in [-0.2, -0.15) is 0 Å². The minimum absolute atomic E-state index is 0.0840. The molecule has 2 aromatic heterocycles. The maximum Gasteiger partial charge on any atom is 0.313 e. The number of rotatable bonds is 1. The molecule has 0 aliphatic heterocycles. The standard InChI is InChI=1S/C7H3ClFN3O/c8-7-12-11-6(13-7)4-1-5(9)3-10-2-4/h1-3H. The van der Waals surface area contributed by atoms with Crippen molar-refractivity contribution in [3.8, 4) is 11.5 Å². The van der Waals surface area contributed by atoms with Crippen molar-refractivity contribution in [3.63, 3.8) is 0 Å². The fraction of sp³-hybridized carbons (Fsp3) is 0. The number of halogens is 2. The van der Waals surface area contributed by atoms with Crippen LogP contribution in [0.5, 0.6) is 0 Å². The number of aromatic nitrogens is 3. The molecule has 6 heteroatoms. The van der Waals surface area contributed by atoms with Gasteiger partial charge in [-0.3, -0.25) is 4.98 Å². The van der Waals surface area contributed by atoms with E-state index in [1.807, 2.05) is 0 Å². The highest BCUT2D eigenvalue weighted by molar-refractivity contribution is 6.27. The third kappa shape index (κ3) is 1.65. The van der Waals surface area contributed by atoms with Crippen LogP contribution < -0.4 is 0 Å². The zero-order chi connectivity index (χ0) is 9.26. The van der Waals surface area contributed by atoms with E-state index in [9.17, 15) is 4.39 Å². The average Bonchev–Trinajstić information content (AvgIpc) is 2.52. The molecule has 0 fully saturated rings. The molecule has 0 bridgehead atoms. The Kier molecular flexibility index (Phi) is 1.94. The first-order valence-corrected chi connectivity index (χ1v) is 3.73. The van der Waals surface area contributed by atoms with Crippen molar-refractivity contribution in [2.75, 3.05) is 0 Å². The van der Waals surface area contributed by atoms with Crippen LogP contribution in [0.15, 0.2) is 22.9 Å². The Labute approximate surface area is 77.4 Å². The second-order valence-corrected chi connectivity index (χ2v) is 2.58. The quantitative estimate of drug-likeness (QED) is 0.704. The predicted octanol–water partition coefficient (Wildman–Crippen LogP) is 1.92. The lowest BCUT2D eigenvalue weighted by molar-refractivity contribution is 0.568. The Morgan fingerprint density at radius 2 is 2.15 bits per heavy atom. The van der Waals surface area contributed by atoms with E-state index in [1.54, 1.807) is 0 Å².